The van der Waals surface area contributed by atoms with Crippen LogP contribution in [0.25, 0.3) is 0 Å². The summed E-state index contributed by atoms with van der Waals surface area (Å²) >= 11 is 8.80. The van der Waals surface area contributed by atoms with E-state index in [1.165, 1.54) is 29.7 Å². The molecule has 1 rings (SSSR count). The molecule has 0 spiro atoms. The fraction of sp³-hybridized carbons (Fsp3) is 0.500. The molecule has 116 valence electrons. The lowest BCUT2D eigenvalue weighted by molar-refractivity contribution is -0.139. The smallest absolute Gasteiger partial charge is 0.326 e. The monoisotopic (exact) mass is 349 g/mol. The highest BCUT2D eigenvalue weighted by Crippen LogP contribution is 2.18. The minimum absolute atomic E-state index is 0.00184. The molecular weight excluding hydrogens is 334 g/mol. The molecule has 21 heavy (non-hydrogen) atoms. The molecule has 0 unspecified atom stereocenters. The summed E-state index contributed by atoms with van der Waals surface area (Å²) in [6.45, 7) is 1.94. The molecule has 0 aliphatic rings. The Kier molecular flexibility index (Phi) is 7.84. The fourth-order valence-electron chi connectivity index (χ4n) is 1.43. The molecule has 0 aliphatic heterocycles. The summed E-state index contributed by atoms with van der Waals surface area (Å²) in [4.78, 5) is 31.3. The number of nitrogens with one attached hydrogen (secondary N) is 1. The van der Waals surface area contributed by atoms with Crippen molar-refractivity contribution in [3.63, 3.8) is 0 Å². The summed E-state index contributed by atoms with van der Waals surface area (Å²) in [5, 5.41) is 12.1. The first-order chi connectivity index (χ1) is 9.99. The Morgan fingerprint density at radius 3 is 2.81 bits per heavy atom. The van der Waals surface area contributed by atoms with Crippen LogP contribution < -0.4 is 5.32 Å². The number of halogens is 1. The first-order valence-corrected chi connectivity index (χ1v) is 8.93. The van der Waals surface area contributed by atoms with Crippen LogP contribution in [-0.4, -0.2) is 50.8 Å². The molecule has 1 amide bonds. The Balaban J connectivity index is 2.86. The van der Waals surface area contributed by atoms with Gasteiger partial charge in [-0.2, -0.15) is 11.8 Å². The lowest BCUT2D eigenvalue weighted by Crippen LogP contribution is -2.41. The van der Waals surface area contributed by atoms with Crippen LogP contribution in [0.4, 0.5) is 0 Å². The van der Waals surface area contributed by atoms with Crippen LogP contribution in [-0.2, 0) is 4.79 Å². The van der Waals surface area contributed by atoms with Crippen molar-refractivity contribution < 1.29 is 14.7 Å². The standard InChI is InChI=1S/C12H16ClN3O3S2/c1-3-21-12-14-6-7(13)9(16-12)10(17)15-8(11(18)19)4-5-20-2/h6,8H,3-5H2,1-2H3,(H,15,17)(H,18,19)/t8-/m0/s1. The first-order valence-electron chi connectivity index (χ1n) is 6.17. The molecule has 1 aromatic rings. The highest BCUT2D eigenvalue weighted by Gasteiger charge is 2.22. The third kappa shape index (κ3) is 5.72. The van der Waals surface area contributed by atoms with Gasteiger partial charge in [-0.05, 0) is 24.2 Å². The van der Waals surface area contributed by atoms with Gasteiger partial charge in [0.15, 0.2) is 10.9 Å². The van der Waals surface area contributed by atoms with Gasteiger partial charge in [0.2, 0.25) is 0 Å². The Labute approximate surface area is 136 Å². The number of aromatic nitrogens is 2. The highest BCUT2D eigenvalue weighted by atomic mass is 35.5. The van der Waals surface area contributed by atoms with Crippen LogP contribution in [0.1, 0.15) is 23.8 Å². The molecule has 6 nitrogen and oxygen atoms in total. The molecule has 1 heterocycles. The van der Waals surface area contributed by atoms with E-state index in [0.717, 1.165) is 5.75 Å². The molecule has 1 aromatic heterocycles. The number of rotatable bonds is 8. The van der Waals surface area contributed by atoms with Gasteiger partial charge < -0.3 is 10.4 Å². The van der Waals surface area contributed by atoms with Gasteiger partial charge in [-0.1, -0.05) is 30.3 Å². The lowest BCUT2D eigenvalue weighted by Gasteiger charge is -2.14. The Bertz CT molecular complexity index is 517. The van der Waals surface area contributed by atoms with Crippen molar-refractivity contribution in [3.8, 4) is 0 Å². The number of hydrogen-bond donors (Lipinski definition) is 2. The number of amides is 1. The topological polar surface area (TPSA) is 92.2 Å². The van der Waals surface area contributed by atoms with Crippen molar-refractivity contribution in [2.24, 2.45) is 0 Å². The van der Waals surface area contributed by atoms with Crippen molar-refractivity contribution in [3.05, 3.63) is 16.9 Å². The predicted molar refractivity (Wildman–Crippen MR) is 85.3 cm³/mol. The zero-order valence-corrected chi connectivity index (χ0v) is 14.0. The summed E-state index contributed by atoms with van der Waals surface area (Å²) in [6, 6.07) is -0.960. The van der Waals surface area contributed by atoms with E-state index in [9.17, 15) is 9.59 Å². The van der Waals surface area contributed by atoms with Crippen LogP contribution in [0.2, 0.25) is 5.02 Å². The third-order valence-corrected chi connectivity index (χ3v) is 4.09. The third-order valence-electron chi connectivity index (χ3n) is 2.42. The molecule has 0 bridgehead atoms. The summed E-state index contributed by atoms with van der Waals surface area (Å²) in [5.74, 6) is -0.292. The molecule has 0 fully saturated rings. The van der Waals surface area contributed by atoms with Crippen molar-refractivity contribution in [2.45, 2.75) is 24.5 Å². The Morgan fingerprint density at radius 2 is 2.24 bits per heavy atom. The fourth-order valence-corrected chi connectivity index (χ4v) is 2.62. The quantitative estimate of drug-likeness (QED) is 0.549. The number of carboxylic acid groups (broad SMARTS) is 1. The number of thioether (sulfide) groups is 2. The largest absolute Gasteiger partial charge is 0.480 e. The second kappa shape index (κ2) is 9.11. The number of aliphatic carboxylic acids is 1. The van der Waals surface area contributed by atoms with Crippen molar-refractivity contribution in [1.82, 2.24) is 15.3 Å². The van der Waals surface area contributed by atoms with E-state index >= 15 is 0 Å². The van der Waals surface area contributed by atoms with Crippen molar-refractivity contribution in [1.29, 1.82) is 0 Å². The molecule has 0 saturated carbocycles. The molecular formula is C12H16ClN3O3S2. The summed E-state index contributed by atoms with van der Waals surface area (Å²) < 4.78 is 0. The predicted octanol–water partition coefficient (Wildman–Crippen LogP) is 2.18. The first kappa shape index (κ1) is 18.1. The number of nitrogens with zero attached hydrogens (tertiary/aromatic N) is 2. The van der Waals surface area contributed by atoms with E-state index in [1.807, 2.05) is 13.2 Å². The second-order valence-electron chi connectivity index (χ2n) is 3.93. The number of carbonyl (C=O) groups excluding carboxylic acids is 1. The molecule has 0 saturated heterocycles. The van der Waals surface area contributed by atoms with Crippen LogP contribution in [0, 0.1) is 0 Å². The normalized spacial score (nSPS) is 12.0. The van der Waals surface area contributed by atoms with E-state index in [2.05, 4.69) is 15.3 Å². The average Bonchev–Trinajstić information content (AvgIpc) is 2.45. The molecule has 9 heteroatoms. The van der Waals surface area contributed by atoms with Crippen molar-refractivity contribution >= 4 is 47.0 Å². The molecule has 0 radical (unpaired) electrons. The van der Waals surface area contributed by atoms with Gasteiger partial charge in [0.05, 0.1) is 11.2 Å². The minimum Gasteiger partial charge on any atom is -0.480 e. The zero-order valence-electron chi connectivity index (χ0n) is 11.6. The van der Waals surface area contributed by atoms with Crippen LogP contribution >= 0.6 is 35.1 Å². The van der Waals surface area contributed by atoms with Gasteiger partial charge in [0, 0.05) is 0 Å². The van der Waals surface area contributed by atoms with Gasteiger partial charge in [0.1, 0.15) is 6.04 Å². The number of carbonyl (C=O) groups is 2. The van der Waals surface area contributed by atoms with E-state index in [1.54, 1.807) is 0 Å². The van der Waals surface area contributed by atoms with Crippen LogP contribution in [0.5, 0.6) is 0 Å². The van der Waals surface area contributed by atoms with Gasteiger partial charge in [-0.3, -0.25) is 4.79 Å². The second-order valence-corrected chi connectivity index (χ2v) is 6.55. The van der Waals surface area contributed by atoms with Gasteiger partial charge in [0.25, 0.3) is 5.91 Å². The average molecular weight is 350 g/mol. The van der Waals surface area contributed by atoms with Gasteiger partial charge >= 0.3 is 5.97 Å². The molecule has 2 N–H and O–H groups in total. The van der Waals surface area contributed by atoms with Crippen molar-refractivity contribution in [2.75, 3.05) is 17.8 Å². The number of carboxylic acids is 1. The molecule has 1 atom stereocenters. The van der Waals surface area contributed by atoms with E-state index in [4.69, 9.17) is 16.7 Å². The molecule has 0 aliphatic carbocycles. The van der Waals surface area contributed by atoms with Gasteiger partial charge in [-0.25, -0.2) is 14.8 Å². The van der Waals surface area contributed by atoms with E-state index < -0.39 is 17.9 Å². The number of hydrogen-bond acceptors (Lipinski definition) is 6. The summed E-state index contributed by atoms with van der Waals surface area (Å²) in [7, 11) is 0. The summed E-state index contributed by atoms with van der Waals surface area (Å²) in [6.07, 6.45) is 3.55. The maximum atomic E-state index is 12.1. The summed E-state index contributed by atoms with van der Waals surface area (Å²) in [5.41, 5.74) is -0.00184. The lowest BCUT2D eigenvalue weighted by atomic mass is 10.2. The highest BCUT2D eigenvalue weighted by molar-refractivity contribution is 7.99. The maximum Gasteiger partial charge on any atom is 0.326 e. The Morgan fingerprint density at radius 1 is 1.52 bits per heavy atom. The van der Waals surface area contributed by atoms with Crippen LogP contribution in [0.15, 0.2) is 11.4 Å². The van der Waals surface area contributed by atoms with E-state index in [-0.39, 0.29) is 10.7 Å². The minimum atomic E-state index is -1.08. The van der Waals surface area contributed by atoms with Gasteiger partial charge in [-0.15, -0.1) is 0 Å². The Hall–Kier alpha value is -0.990. The van der Waals surface area contributed by atoms with E-state index in [0.29, 0.717) is 17.3 Å². The molecule has 0 aromatic carbocycles. The zero-order chi connectivity index (χ0) is 15.8. The maximum absolute atomic E-state index is 12.1. The SMILES string of the molecule is CCSc1ncc(Cl)c(C(=O)N[C@@H](CCSC)C(=O)O)n1. The van der Waals surface area contributed by atoms with Crippen LogP contribution in [0.3, 0.4) is 0 Å².